The van der Waals surface area contributed by atoms with Gasteiger partial charge < -0.3 is 10.6 Å². The zero-order valence-electron chi connectivity index (χ0n) is 12.2. The topological polar surface area (TPSA) is 46.3 Å². The Labute approximate surface area is 121 Å². The normalized spacial score (nSPS) is 15.2. The number of carbonyl (C=O) groups is 1. The molecular formula is C17H22N2O. The van der Waals surface area contributed by atoms with Crippen LogP contribution in [-0.2, 0) is 11.3 Å². The van der Waals surface area contributed by atoms with Crippen molar-refractivity contribution in [3.05, 3.63) is 35.4 Å². The van der Waals surface area contributed by atoms with Crippen molar-refractivity contribution in [1.82, 2.24) is 4.90 Å². The number of nitrogens with two attached hydrogens (primary N) is 1. The number of nitrogens with zero attached hydrogens (tertiary/aromatic N) is 1. The van der Waals surface area contributed by atoms with E-state index in [1.165, 1.54) is 12.8 Å². The molecule has 1 aromatic rings. The van der Waals surface area contributed by atoms with Gasteiger partial charge in [0.05, 0.1) is 6.54 Å². The minimum atomic E-state index is 0.162. The van der Waals surface area contributed by atoms with Gasteiger partial charge in [0.25, 0.3) is 0 Å². The Morgan fingerprint density at radius 2 is 2.05 bits per heavy atom. The van der Waals surface area contributed by atoms with E-state index < -0.39 is 0 Å². The molecule has 3 heteroatoms. The van der Waals surface area contributed by atoms with Gasteiger partial charge in [0, 0.05) is 25.1 Å². The second-order valence-corrected chi connectivity index (χ2v) is 5.52. The summed E-state index contributed by atoms with van der Waals surface area (Å²) < 4.78 is 0. The van der Waals surface area contributed by atoms with E-state index in [2.05, 4.69) is 11.8 Å². The third-order valence-corrected chi connectivity index (χ3v) is 3.80. The first-order valence-corrected chi connectivity index (χ1v) is 7.14. The Bertz CT molecular complexity index is 520. The molecule has 1 fully saturated rings. The van der Waals surface area contributed by atoms with Crippen LogP contribution in [0.15, 0.2) is 24.3 Å². The Morgan fingerprint density at radius 3 is 2.60 bits per heavy atom. The van der Waals surface area contributed by atoms with Crippen molar-refractivity contribution in [2.75, 3.05) is 13.6 Å². The lowest BCUT2D eigenvalue weighted by molar-refractivity contribution is -0.134. The van der Waals surface area contributed by atoms with E-state index in [1.54, 1.807) is 0 Å². The van der Waals surface area contributed by atoms with Gasteiger partial charge in [0.1, 0.15) is 0 Å². The van der Waals surface area contributed by atoms with Gasteiger partial charge in [-0.3, -0.25) is 4.79 Å². The highest BCUT2D eigenvalue weighted by molar-refractivity contribution is 5.78. The van der Waals surface area contributed by atoms with Crippen molar-refractivity contribution >= 4 is 5.91 Å². The molecule has 0 spiro atoms. The Morgan fingerprint density at radius 1 is 1.40 bits per heavy atom. The molecule has 0 aliphatic heterocycles. The second kappa shape index (κ2) is 6.58. The van der Waals surface area contributed by atoms with Gasteiger partial charge in [-0.15, -0.1) is 0 Å². The number of rotatable bonds is 4. The van der Waals surface area contributed by atoms with E-state index in [4.69, 9.17) is 5.73 Å². The minimum Gasteiger partial charge on any atom is -0.341 e. The predicted octanol–water partition coefficient (Wildman–Crippen LogP) is 2.00. The average molecular weight is 270 g/mol. The SMILES string of the molecule is CC(C(=O)N(C)Cc1ccc(C#CCN)cc1)C1CC1. The molecule has 0 aromatic heterocycles. The van der Waals surface area contributed by atoms with Crippen LogP contribution in [0, 0.1) is 23.7 Å². The monoisotopic (exact) mass is 270 g/mol. The summed E-state index contributed by atoms with van der Waals surface area (Å²) in [7, 11) is 1.88. The summed E-state index contributed by atoms with van der Waals surface area (Å²) in [5.41, 5.74) is 7.43. The van der Waals surface area contributed by atoms with Gasteiger partial charge in [-0.25, -0.2) is 0 Å². The first-order valence-electron chi connectivity index (χ1n) is 7.14. The fourth-order valence-corrected chi connectivity index (χ4v) is 2.34. The van der Waals surface area contributed by atoms with Crippen LogP contribution in [0.2, 0.25) is 0 Å². The molecule has 0 bridgehead atoms. The van der Waals surface area contributed by atoms with E-state index in [9.17, 15) is 4.79 Å². The van der Waals surface area contributed by atoms with Gasteiger partial charge in [-0.05, 0) is 36.5 Å². The quantitative estimate of drug-likeness (QED) is 0.851. The first-order chi connectivity index (χ1) is 9.61. The highest BCUT2D eigenvalue weighted by Gasteiger charge is 2.33. The standard InChI is InChI=1S/C17H22N2O/c1-13(16-9-10-16)17(20)19(2)12-15-7-5-14(6-8-15)4-3-11-18/h5-8,13,16H,9-12,18H2,1-2H3. The first kappa shape index (κ1) is 14.6. The number of hydrogen-bond donors (Lipinski definition) is 1. The lowest BCUT2D eigenvalue weighted by Gasteiger charge is -2.21. The van der Waals surface area contributed by atoms with E-state index >= 15 is 0 Å². The molecule has 1 unspecified atom stereocenters. The summed E-state index contributed by atoms with van der Waals surface area (Å²) >= 11 is 0. The van der Waals surface area contributed by atoms with E-state index in [0.717, 1.165) is 11.1 Å². The van der Waals surface area contributed by atoms with E-state index in [0.29, 0.717) is 19.0 Å². The summed E-state index contributed by atoms with van der Waals surface area (Å²) in [6.45, 7) is 3.07. The van der Waals surface area contributed by atoms with Gasteiger partial charge in [0.2, 0.25) is 5.91 Å². The largest absolute Gasteiger partial charge is 0.341 e. The van der Waals surface area contributed by atoms with Crippen molar-refractivity contribution < 1.29 is 4.79 Å². The van der Waals surface area contributed by atoms with Gasteiger partial charge in [-0.2, -0.15) is 0 Å². The number of benzene rings is 1. The average Bonchev–Trinajstić information content (AvgIpc) is 3.29. The number of carbonyl (C=O) groups excluding carboxylic acids is 1. The smallest absolute Gasteiger partial charge is 0.225 e. The number of hydrogen-bond acceptors (Lipinski definition) is 2. The van der Waals surface area contributed by atoms with Gasteiger partial charge in [0.15, 0.2) is 0 Å². The molecule has 1 aromatic carbocycles. The molecule has 1 atom stereocenters. The molecular weight excluding hydrogens is 248 g/mol. The fraction of sp³-hybridized carbons (Fsp3) is 0.471. The third-order valence-electron chi connectivity index (χ3n) is 3.80. The highest BCUT2D eigenvalue weighted by atomic mass is 16.2. The molecule has 20 heavy (non-hydrogen) atoms. The molecule has 1 amide bonds. The van der Waals surface area contributed by atoms with Crippen LogP contribution in [0.3, 0.4) is 0 Å². The van der Waals surface area contributed by atoms with Crippen LogP contribution >= 0.6 is 0 Å². The van der Waals surface area contributed by atoms with Crippen LogP contribution in [0.1, 0.15) is 30.9 Å². The fourth-order valence-electron chi connectivity index (χ4n) is 2.34. The Balaban J connectivity index is 1.93. The Hall–Kier alpha value is -1.79. The van der Waals surface area contributed by atoms with Crippen LogP contribution in [0.5, 0.6) is 0 Å². The molecule has 1 aliphatic rings. The second-order valence-electron chi connectivity index (χ2n) is 5.52. The van der Waals surface area contributed by atoms with Gasteiger partial charge >= 0.3 is 0 Å². The molecule has 1 saturated carbocycles. The summed E-state index contributed by atoms with van der Waals surface area (Å²) in [5, 5.41) is 0. The highest BCUT2D eigenvalue weighted by Crippen LogP contribution is 2.37. The lowest BCUT2D eigenvalue weighted by atomic mass is 10.0. The predicted molar refractivity (Wildman–Crippen MR) is 80.7 cm³/mol. The molecule has 0 heterocycles. The van der Waals surface area contributed by atoms with Crippen LogP contribution in [0.25, 0.3) is 0 Å². The van der Waals surface area contributed by atoms with E-state index in [-0.39, 0.29) is 11.8 Å². The Kier molecular flexibility index (Phi) is 4.81. The van der Waals surface area contributed by atoms with Crippen LogP contribution in [-0.4, -0.2) is 24.4 Å². The van der Waals surface area contributed by atoms with Crippen molar-refractivity contribution in [2.24, 2.45) is 17.6 Å². The van der Waals surface area contributed by atoms with Crippen LogP contribution in [0.4, 0.5) is 0 Å². The minimum absolute atomic E-state index is 0.162. The molecule has 106 valence electrons. The molecule has 0 radical (unpaired) electrons. The van der Waals surface area contributed by atoms with E-state index in [1.807, 2.05) is 43.1 Å². The summed E-state index contributed by atoms with van der Waals surface area (Å²) in [6.07, 6.45) is 2.41. The molecule has 0 saturated heterocycles. The summed E-state index contributed by atoms with van der Waals surface area (Å²) in [4.78, 5) is 14.0. The number of amides is 1. The van der Waals surface area contributed by atoms with Crippen molar-refractivity contribution in [1.29, 1.82) is 0 Å². The summed E-state index contributed by atoms with van der Waals surface area (Å²) in [6, 6.07) is 7.99. The molecule has 2 rings (SSSR count). The molecule has 2 N–H and O–H groups in total. The maximum absolute atomic E-state index is 12.2. The zero-order valence-corrected chi connectivity index (χ0v) is 12.2. The zero-order chi connectivity index (χ0) is 14.5. The van der Waals surface area contributed by atoms with Crippen molar-refractivity contribution in [3.63, 3.8) is 0 Å². The summed E-state index contributed by atoms with van der Waals surface area (Å²) in [5.74, 6) is 6.85. The van der Waals surface area contributed by atoms with Crippen molar-refractivity contribution in [3.8, 4) is 11.8 Å². The van der Waals surface area contributed by atoms with Gasteiger partial charge in [-0.1, -0.05) is 30.9 Å². The van der Waals surface area contributed by atoms with Crippen molar-refractivity contribution in [2.45, 2.75) is 26.3 Å². The maximum atomic E-state index is 12.2. The molecule has 3 nitrogen and oxygen atoms in total. The maximum Gasteiger partial charge on any atom is 0.225 e. The van der Waals surface area contributed by atoms with Crippen LogP contribution < -0.4 is 5.73 Å². The third kappa shape index (κ3) is 3.85. The lowest BCUT2D eigenvalue weighted by Crippen LogP contribution is -2.32. The molecule has 1 aliphatic carbocycles.